The van der Waals surface area contributed by atoms with Gasteiger partial charge in [0.05, 0.1) is 12.6 Å². The lowest BCUT2D eigenvalue weighted by molar-refractivity contribution is -0.161. The molecule has 1 fully saturated rings. The molecule has 1 saturated heterocycles. The normalized spacial score (nSPS) is 19.1. The van der Waals surface area contributed by atoms with Gasteiger partial charge in [-0.15, -0.1) is 0 Å². The number of nitrogens with one attached hydrogen (secondary N) is 1. The predicted molar refractivity (Wildman–Crippen MR) is 66.8 cm³/mol. The number of nitrogens with zero attached hydrogens (tertiary/aromatic N) is 2. The van der Waals surface area contributed by atoms with Crippen LogP contribution in [0.3, 0.4) is 0 Å². The molecule has 0 aromatic heterocycles. The lowest BCUT2D eigenvalue weighted by atomic mass is 10.1. The van der Waals surface area contributed by atoms with Gasteiger partial charge in [0.1, 0.15) is 0 Å². The third-order valence-corrected chi connectivity index (χ3v) is 3.31. The van der Waals surface area contributed by atoms with Crippen molar-refractivity contribution in [3.05, 3.63) is 0 Å². The van der Waals surface area contributed by atoms with Gasteiger partial charge in [0.2, 0.25) is 5.91 Å². The Morgan fingerprint density at radius 2 is 1.79 bits per heavy atom. The van der Waals surface area contributed by atoms with Crippen molar-refractivity contribution in [2.45, 2.75) is 39.0 Å². The Balaban J connectivity index is 2.69. The molecule has 1 N–H and O–H groups in total. The van der Waals surface area contributed by atoms with E-state index in [0.717, 1.165) is 0 Å². The van der Waals surface area contributed by atoms with Crippen molar-refractivity contribution in [3.63, 3.8) is 0 Å². The van der Waals surface area contributed by atoms with Crippen LogP contribution in [0, 0.1) is 0 Å². The summed E-state index contributed by atoms with van der Waals surface area (Å²) >= 11 is 0. The Morgan fingerprint density at radius 3 is 2.21 bits per heavy atom. The molecule has 0 aromatic carbocycles. The van der Waals surface area contributed by atoms with Crippen molar-refractivity contribution < 1.29 is 18.0 Å². The van der Waals surface area contributed by atoms with Crippen LogP contribution in [0.2, 0.25) is 0 Å². The molecule has 1 amide bonds. The zero-order valence-corrected chi connectivity index (χ0v) is 11.6. The molecule has 7 heteroatoms. The summed E-state index contributed by atoms with van der Waals surface area (Å²) in [6.07, 6.45) is -4.29. The van der Waals surface area contributed by atoms with Crippen LogP contribution in [0.15, 0.2) is 0 Å². The number of amides is 1. The fourth-order valence-electron chi connectivity index (χ4n) is 2.27. The van der Waals surface area contributed by atoms with Gasteiger partial charge >= 0.3 is 6.18 Å². The van der Waals surface area contributed by atoms with Gasteiger partial charge in [0.15, 0.2) is 0 Å². The maximum Gasteiger partial charge on any atom is 0.401 e. The van der Waals surface area contributed by atoms with Gasteiger partial charge in [-0.1, -0.05) is 0 Å². The van der Waals surface area contributed by atoms with Gasteiger partial charge in [0, 0.05) is 32.2 Å². The second-order valence-electron chi connectivity index (χ2n) is 5.13. The second-order valence-corrected chi connectivity index (χ2v) is 5.13. The van der Waals surface area contributed by atoms with E-state index in [4.69, 9.17) is 0 Å². The van der Waals surface area contributed by atoms with E-state index in [-0.39, 0.29) is 11.9 Å². The van der Waals surface area contributed by atoms with Crippen LogP contribution in [0.5, 0.6) is 0 Å². The SMILES string of the molecule is CC(C)N(CC(F)(F)F)C(C)C(=O)N1CCNCC1. The molecule has 0 spiro atoms. The molecule has 1 aliphatic rings. The van der Waals surface area contributed by atoms with Crippen LogP contribution in [0.4, 0.5) is 13.2 Å². The molecular weight excluding hydrogens is 259 g/mol. The van der Waals surface area contributed by atoms with Crippen molar-refractivity contribution in [3.8, 4) is 0 Å². The minimum Gasteiger partial charge on any atom is -0.339 e. The standard InChI is InChI=1S/C12H22F3N3O/c1-9(2)18(8-12(13,14)15)10(3)11(19)17-6-4-16-5-7-17/h9-10,16H,4-8H2,1-3H3. The monoisotopic (exact) mass is 281 g/mol. The fraction of sp³-hybridized carbons (Fsp3) is 0.917. The summed E-state index contributed by atoms with van der Waals surface area (Å²) in [5.74, 6) is -0.223. The van der Waals surface area contributed by atoms with E-state index in [2.05, 4.69) is 5.32 Å². The molecule has 1 heterocycles. The Morgan fingerprint density at radius 1 is 1.26 bits per heavy atom. The molecule has 19 heavy (non-hydrogen) atoms. The third kappa shape index (κ3) is 4.99. The minimum atomic E-state index is -4.29. The Labute approximate surface area is 111 Å². The number of hydrogen-bond acceptors (Lipinski definition) is 3. The largest absolute Gasteiger partial charge is 0.401 e. The number of alkyl halides is 3. The van der Waals surface area contributed by atoms with E-state index in [9.17, 15) is 18.0 Å². The van der Waals surface area contributed by atoms with Crippen molar-refractivity contribution >= 4 is 5.91 Å². The zero-order valence-electron chi connectivity index (χ0n) is 11.6. The second kappa shape index (κ2) is 6.56. The molecule has 0 aliphatic carbocycles. The number of carbonyl (C=O) groups is 1. The number of carbonyl (C=O) groups excluding carboxylic acids is 1. The molecule has 0 bridgehead atoms. The van der Waals surface area contributed by atoms with Gasteiger partial charge in [-0.05, 0) is 20.8 Å². The Hall–Kier alpha value is -0.820. The number of hydrogen-bond donors (Lipinski definition) is 1. The van der Waals surface area contributed by atoms with Crippen LogP contribution in [-0.4, -0.2) is 66.7 Å². The van der Waals surface area contributed by atoms with Crippen molar-refractivity contribution in [2.24, 2.45) is 0 Å². The molecule has 1 rings (SSSR count). The van der Waals surface area contributed by atoms with Crippen LogP contribution < -0.4 is 5.32 Å². The summed E-state index contributed by atoms with van der Waals surface area (Å²) < 4.78 is 37.7. The third-order valence-electron chi connectivity index (χ3n) is 3.31. The maximum atomic E-state index is 12.6. The molecule has 0 radical (unpaired) electrons. The lowest BCUT2D eigenvalue weighted by Gasteiger charge is -2.37. The summed E-state index contributed by atoms with van der Waals surface area (Å²) in [5.41, 5.74) is 0. The first-order valence-corrected chi connectivity index (χ1v) is 6.54. The predicted octanol–water partition coefficient (Wildman–Crippen LogP) is 1.08. The van der Waals surface area contributed by atoms with Gasteiger partial charge < -0.3 is 10.2 Å². The van der Waals surface area contributed by atoms with Crippen LogP contribution in [-0.2, 0) is 4.79 Å². The highest BCUT2D eigenvalue weighted by molar-refractivity contribution is 5.81. The number of halogens is 3. The Kier molecular flexibility index (Phi) is 5.61. The summed E-state index contributed by atoms with van der Waals surface area (Å²) in [6, 6.07) is -1.08. The summed E-state index contributed by atoms with van der Waals surface area (Å²) in [7, 11) is 0. The summed E-state index contributed by atoms with van der Waals surface area (Å²) in [5, 5.41) is 3.11. The molecule has 1 atom stereocenters. The van der Waals surface area contributed by atoms with Crippen molar-refractivity contribution in [2.75, 3.05) is 32.7 Å². The molecule has 4 nitrogen and oxygen atoms in total. The quantitative estimate of drug-likeness (QED) is 0.837. The van der Waals surface area contributed by atoms with E-state index in [1.807, 2.05) is 0 Å². The maximum absolute atomic E-state index is 12.6. The van der Waals surface area contributed by atoms with Gasteiger partial charge in [-0.2, -0.15) is 13.2 Å². The van der Waals surface area contributed by atoms with E-state index in [1.165, 1.54) is 4.90 Å². The minimum absolute atomic E-state index is 0.223. The van der Waals surface area contributed by atoms with Crippen molar-refractivity contribution in [1.82, 2.24) is 15.1 Å². The number of piperazine rings is 1. The highest BCUT2D eigenvalue weighted by Gasteiger charge is 2.37. The van der Waals surface area contributed by atoms with Gasteiger partial charge in [-0.3, -0.25) is 9.69 Å². The molecule has 1 aliphatic heterocycles. The summed E-state index contributed by atoms with van der Waals surface area (Å²) in [4.78, 5) is 15.0. The molecule has 112 valence electrons. The van der Waals surface area contributed by atoms with Crippen LogP contribution >= 0.6 is 0 Å². The molecular formula is C12H22F3N3O. The van der Waals surface area contributed by atoms with Crippen molar-refractivity contribution in [1.29, 1.82) is 0 Å². The lowest BCUT2D eigenvalue weighted by Crippen LogP contribution is -2.55. The topological polar surface area (TPSA) is 35.6 Å². The van der Waals surface area contributed by atoms with Gasteiger partial charge in [-0.25, -0.2) is 0 Å². The number of rotatable bonds is 4. The first-order chi connectivity index (χ1) is 8.72. The van der Waals surface area contributed by atoms with Gasteiger partial charge in [0.25, 0.3) is 0 Å². The zero-order chi connectivity index (χ0) is 14.6. The fourth-order valence-corrected chi connectivity index (χ4v) is 2.27. The Bertz CT molecular complexity index is 301. The first-order valence-electron chi connectivity index (χ1n) is 6.54. The average molecular weight is 281 g/mol. The average Bonchev–Trinajstić information content (AvgIpc) is 2.34. The molecule has 0 saturated carbocycles. The highest BCUT2D eigenvalue weighted by Crippen LogP contribution is 2.20. The van der Waals surface area contributed by atoms with Crippen LogP contribution in [0.25, 0.3) is 0 Å². The van der Waals surface area contributed by atoms with Crippen LogP contribution in [0.1, 0.15) is 20.8 Å². The smallest absolute Gasteiger partial charge is 0.339 e. The molecule has 0 aromatic rings. The summed E-state index contributed by atoms with van der Waals surface area (Å²) in [6.45, 7) is 6.35. The van der Waals surface area contributed by atoms with E-state index in [0.29, 0.717) is 26.2 Å². The first kappa shape index (κ1) is 16.2. The van der Waals surface area contributed by atoms with E-state index >= 15 is 0 Å². The van der Waals surface area contributed by atoms with E-state index in [1.54, 1.807) is 25.7 Å². The van der Waals surface area contributed by atoms with E-state index < -0.39 is 18.8 Å². The molecule has 1 unspecified atom stereocenters. The highest BCUT2D eigenvalue weighted by atomic mass is 19.4.